The Bertz CT molecular complexity index is 717. The smallest absolute Gasteiger partial charge is 0.220 e. The molecule has 3 rings (SSSR count). The molecule has 0 spiro atoms. The zero-order valence-electron chi connectivity index (χ0n) is 14.1. The number of amides is 1. The average Bonchev–Trinajstić information content (AvgIpc) is 3.14. The van der Waals surface area contributed by atoms with Gasteiger partial charge in [0.2, 0.25) is 5.91 Å². The van der Waals surface area contributed by atoms with Crippen LogP contribution >= 0.6 is 0 Å². The standard InChI is InChI=1S/C17H24N4O2/c1-11-8-16-19-12(2)15(13(3)21(16)20-11)4-5-17(22)18-9-14-6-7-23-10-14/h8,14H,4-7,9-10H2,1-3H3,(H,18,22)/t14-/m0/s1. The minimum Gasteiger partial charge on any atom is -0.381 e. The summed E-state index contributed by atoms with van der Waals surface area (Å²) in [7, 11) is 0. The monoisotopic (exact) mass is 316 g/mol. The Morgan fingerprint density at radius 2 is 2.26 bits per heavy atom. The number of hydrogen-bond donors (Lipinski definition) is 1. The molecule has 1 fully saturated rings. The van der Waals surface area contributed by atoms with Crippen LogP contribution in [0.3, 0.4) is 0 Å². The lowest BCUT2D eigenvalue weighted by molar-refractivity contribution is -0.121. The van der Waals surface area contributed by atoms with Gasteiger partial charge in [-0.1, -0.05) is 0 Å². The van der Waals surface area contributed by atoms with E-state index in [-0.39, 0.29) is 5.91 Å². The summed E-state index contributed by atoms with van der Waals surface area (Å²) in [6, 6.07) is 1.97. The van der Waals surface area contributed by atoms with Crippen molar-refractivity contribution in [2.45, 2.75) is 40.0 Å². The van der Waals surface area contributed by atoms with Gasteiger partial charge in [-0.2, -0.15) is 5.10 Å². The van der Waals surface area contributed by atoms with Gasteiger partial charge in [0.05, 0.1) is 12.3 Å². The number of carbonyl (C=O) groups excluding carboxylic acids is 1. The molecular formula is C17H24N4O2. The van der Waals surface area contributed by atoms with Crippen molar-refractivity contribution in [3.63, 3.8) is 0 Å². The molecule has 2 aromatic heterocycles. The largest absolute Gasteiger partial charge is 0.381 e. The topological polar surface area (TPSA) is 68.5 Å². The van der Waals surface area contributed by atoms with Gasteiger partial charge in [-0.3, -0.25) is 4.79 Å². The SMILES string of the molecule is Cc1cc2nc(C)c(CCC(=O)NC[C@@H]3CCOC3)c(C)n2n1. The Balaban J connectivity index is 1.63. The van der Waals surface area contributed by atoms with Gasteiger partial charge < -0.3 is 10.1 Å². The van der Waals surface area contributed by atoms with Crippen LogP contribution in [0, 0.1) is 26.7 Å². The maximum Gasteiger partial charge on any atom is 0.220 e. The number of rotatable bonds is 5. The molecule has 0 bridgehead atoms. The molecule has 0 saturated carbocycles. The van der Waals surface area contributed by atoms with E-state index in [0.717, 1.165) is 47.9 Å². The molecule has 1 atom stereocenters. The van der Waals surface area contributed by atoms with E-state index in [2.05, 4.69) is 15.4 Å². The van der Waals surface area contributed by atoms with Gasteiger partial charge in [0.15, 0.2) is 5.65 Å². The molecular weight excluding hydrogens is 292 g/mol. The number of hydrogen-bond acceptors (Lipinski definition) is 4. The summed E-state index contributed by atoms with van der Waals surface area (Å²) >= 11 is 0. The predicted octanol–water partition coefficient (Wildman–Crippen LogP) is 1.74. The Hall–Kier alpha value is -1.95. The van der Waals surface area contributed by atoms with Crippen LogP contribution in [0.1, 0.15) is 35.5 Å². The number of ether oxygens (including phenoxy) is 1. The van der Waals surface area contributed by atoms with Gasteiger partial charge in [0, 0.05) is 42.9 Å². The van der Waals surface area contributed by atoms with E-state index < -0.39 is 0 Å². The first-order valence-corrected chi connectivity index (χ1v) is 8.21. The van der Waals surface area contributed by atoms with E-state index in [4.69, 9.17) is 4.74 Å². The number of nitrogens with one attached hydrogen (secondary N) is 1. The minimum absolute atomic E-state index is 0.0902. The third-order valence-electron chi connectivity index (χ3n) is 4.50. The predicted molar refractivity (Wildman–Crippen MR) is 87.5 cm³/mol. The number of nitrogens with zero attached hydrogens (tertiary/aromatic N) is 3. The van der Waals surface area contributed by atoms with Crippen molar-refractivity contribution >= 4 is 11.6 Å². The maximum absolute atomic E-state index is 12.1. The summed E-state index contributed by atoms with van der Waals surface area (Å²) in [6.45, 7) is 8.29. The highest BCUT2D eigenvalue weighted by atomic mass is 16.5. The first-order valence-electron chi connectivity index (χ1n) is 8.21. The van der Waals surface area contributed by atoms with E-state index in [0.29, 0.717) is 25.3 Å². The molecule has 1 N–H and O–H groups in total. The molecule has 0 aromatic carbocycles. The molecule has 23 heavy (non-hydrogen) atoms. The van der Waals surface area contributed by atoms with E-state index in [1.807, 2.05) is 31.4 Å². The lowest BCUT2D eigenvalue weighted by Gasteiger charge is -2.12. The fourth-order valence-electron chi connectivity index (χ4n) is 3.13. The van der Waals surface area contributed by atoms with Crippen molar-refractivity contribution in [2.24, 2.45) is 5.92 Å². The first-order chi connectivity index (χ1) is 11.0. The lowest BCUT2D eigenvalue weighted by Crippen LogP contribution is -2.29. The second-order valence-corrected chi connectivity index (χ2v) is 6.35. The maximum atomic E-state index is 12.1. The van der Waals surface area contributed by atoms with Crippen LogP contribution in [-0.2, 0) is 16.0 Å². The van der Waals surface area contributed by atoms with E-state index in [1.54, 1.807) is 0 Å². The molecule has 6 nitrogen and oxygen atoms in total. The third-order valence-corrected chi connectivity index (χ3v) is 4.50. The van der Waals surface area contributed by atoms with Crippen LogP contribution in [0.15, 0.2) is 6.07 Å². The molecule has 3 heterocycles. The van der Waals surface area contributed by atoms with Crippen molar-refractivity contribution in [3.8, 4) is 0 Å². The fraction of sp³-hybridized carbons (Fsp3) is 0.588. The van der Waals surface area contributed by atoms with Gasteiger partial charge in [0.25, 0.3) is 0 Å². The van der Waals surface area contributed by atoms with E-state index >= 15 is 0 Å². The molecule has 6 heteroatoms. The summed E-state index contributed by atoms with van der Waals surface area (Å²) < 4.78 is 7.19. The molecule has 1 aliphatic heterocycles. The molecule has 124 valence electrons. The Morgan fingerprint density at radius 3 is 3.00 bits per heavy atom. The highest BCUT2D eigenvalue weighted by Crippen LogP contribution is 2.17. The molecule has 0 aliphatic carbocycles. The van der Waals surface area contributed by atoms with Crippen LogP contribution in [0.2, 0.25) is 0 Å². The molecule has 1 saturated heterocycles. The van der Waals surface area contributed by atoms with Crippen molar-refractivity contribution in [2.75, 3.05) is 19.8 Å². The van der Waals surface area contributed by atoms with Crippen molar-refractivity contribution in [1.29, 1.82) is 0 Å². The first kappa shape index (κ1) is 15.9. The number of carbonyl (C=O) groups is 1. The Labute approximate surface area is 136 Å². The Kier molecular flexibility index (Phi) is 4.61. The minimum atomic E-state index is 0.0902. The summed E-state index contributed by atoms with van der Waals surface area (Å²) in [5.41, 5.74) is 4.98. The third kappa shape index (κ3) is 3.52. The van der Waals surface area contributed by atoms with Crippen molar-refractivity contribution < 1.29 is 9.53 Å². The van der Waals surface area contributed by atoms with E-state index in [1.165, 1.54) is 0 Å². The molecule has 0 unspecified atom stereocenters. The molecule has 0 radical (unpaired) electrons. The summed E-state index contributed by atoms with van der Waals surface area (Å²) in [6.07, 6.45) is 2.20. The van der Waals surface area contributed by atoms with Crippen LogP contribution in [0.5, 0.6) is 0 Å². The highest BCUT2D eigenvalue weighted by Gasteiger charge is 2.17. The number of aromatic nitrogens is 3. The molecule has 1 aliphatic rings. The number of fused-ring (bicyclic) bond motifs is 1. The summed E-state index contributed by atoms with van der Waals surface area (Å²) in [5, 5.41) is 7.48. The lowest BCUT2D eigenvalue weighted by atomic mass is 10.1. The second kappa shape index (κ2) is 6.66. The van der Waals surface area contributed by atoms with Gasteiger partial charge >= 0.3 is 0 Å². The fourth-order valence-corrected chi connectivity index (χ4v) is 3.13. The second-order valence-electron chi connectivity index (χ2n) is 6.35. The number of aryl methyl sites for hydroxylation is 3. The molecule has 1 amide bonds. The van der Waals surface area contributed by atoms with E-state index in [9.17, 15) is 4.79 Å². The quantitative estimate of drug-likeness (QED) is 0.912. The van der Waals surface area contributed by atoms with Crippen molar-refractivity contribution in [3.05, 3.63) is 28.7 Å². The van der Waals surface area contributed by atoms with Crippen LogP contribution in [0.4, 0.5) is 0 Å². The van der Waals surface area contributed by atoms with Crippen molar-refractivity contribution in [1.82, 2.24) is 19.9 Å². The van der Waals surface area contributed by atoms with Gasteiger partial charge in [-0.25, -0.2) is 9.50 Å². The Morgan fingerprint density at radius 1 is 1.43 bits per heavy atom. The van der Waals surface area contributed by atoms with Gasteiger partial charge in [-0.05, 0) is 39.2 Å². The zero-order valence-corrected chi connectivity index (χ0v) is 14.1. The highest BCUT2D eigenvalue weighted by molar-refractivity contribution is 5.76. The van der Waals surface area contributed by atoms with Gasteiger partial charge in [-0.15, -0.1) is 0 Å². The van der Waals surface area contributed by atoms with Gasteiger partial charge in [0.1, 0.15) is 0 Å². The average molecular weight is 316 g/mol. The summed E-state index contributed by atoms with van der Waals surface area (Å²) in [5.74, 6) is 0.555. The zero-order chi connectivity index (χ0) is 16.4. The van der Waals surface area contributed by atoms with Crippen LogP contribution < -0.4 is 5.32 Å². The van der Waals surface area contributed by atoms with Crippen LogP contribution in [-0.4, -0.2) is 40.3 Å². The molecule has 2 aromatic rings. The normalized spacial score (nSPS) is 17.8. The van der Waals surface area contributed by atoms with Crippen LogP contribution in [0.25, 0.3) is 5.65 Å². The summed E-state index contributed by atoms with van der Waals surface area (Å²) in [4.78, 5) is 16.7.